The number of benzene rings is 7. The smallest absolute Gasteiger partial charge is 0.00163 e. The fourth-order valence-corrected chi connectivity index (χ4v) is 8.00. The van der Waals surface area contributed by atoms with Gasteiger partial charge in [0.05, 0.1) is 0 Å². The fourth-order valence-electron chi connectivity index (χ4n) is 8.00. The van der Waals surface area contributed by atoms with Crippen molar-refractivity contribution < 1.29 is 0 Å². The van der Waals surface area contributed by atoms with Crippen molar-refractivity contribution in [1.82, 2.24) is 0 Å². The van der Waals surface area contributed by atoms with Crippen molar-refractivity contribution in [3.05, 3.63) is 215 Å². The Labute approximate surface area is 371 Å². The lowest BCUT2D eigenvalue weighted by Crippen LogP contribution is -2.30. The number of allylic oxidation sites excluding steroid dienone is 5. The van der Waals surface area contributed by atoms with E-state index in [1.54, 1.807) is 0 Å². The largest absolute Gasteiger partial charge is 0.0801 e. The van der Waals surface area contributed by atoms with Gasteiger partial charge in [0.2, 0.25) is 0 Å². The Hall–Kier alpha value is -5.98. The average Bonchev–Trinajstić information content (AvgIpc) is 3.30. The lowest BCUT2D eigenvalue weighted by atomic mass is 9.88. The summed E-state index contributed by atoms with van der Waals surface area (Å²) in [5.74, 6) is 0.451. The monoisotopic (exact) mass is 807 g/mol. The Bertz CT molecular complexity index is 2560. The molecule has 2 aliphatic carbocycles. The molecule has 9 rings (SSSR count). The summed E-state index contributed by atoms with van der Waals surface area (Å²) >= 11 is 0. The van der Waals surface area contributed by atoms with E-state index >= 15 is 0 Å². The van der Waals surface area contributed by atoms with Crippen molar-refractivity contribution in [2.75, 3.05) is 0 Å². The van der Waals surface area contributed by atoms with Gasteiger partial charge in [-0.15, -0.1) is 0 Å². The van der Waals surface area contributed by atoms with Crippen LogP contribution in [0.5, 0.6) is 0 Å². The molecule has 61 heavy (non-hydrogen) atoms. The van der Waals surface area contributed by atoms with E-state index in [-0.39, 0.29) is 29.7 Å². The van der Waals surface area contributed by atoms with E-state index in [4.69, 9.17) is 0 Å². The van der Waals surface area contributed by atoms with Crippen molar-refractivity contribution in [1.29, 1.82) is 0 Å². The summed E-state index contributed by atoms with van der Waals surface area (Å²) in [6.45, 7) is 12.6. The summed E-state index contributed by atoms with van der Waals surface area (Å²) in [6.07, 6.45) is 15.7. The molecule has 0 heterocycles. The Morgan fingerprint density at radius 3 is 1.61 bits per heavy atom. The van der Waals surface area contributed by atoms with Crippen LogP contribution in [0.15, 0.2) is 182 Å². The molecule has 0 fully saturated rings. The molecule has 0 N–H and O–H groups in total. The van der Waals surface area contributed by atoms with E-state index in [0.717, 1.165) is 25.7 Å². The molecule has 2 aliphatic rings. The van der Waals surface area contributed by atoms with Crippen LogP contribution in [0.25, 0.3) is 55.5 Å². The zero-order valence-electron chi connectivity index (χ0n) is 34.8. The second-order valence-corrected chi connectivity index (χ2v) is 14.3. The lowest BCUT2D eigenvalue weighted by Gasteiger charge is -2.17. The molecule has 0 spiro atoms. The Balaban J connectivity index is 0.000000614. The minimum atomic E-state index is 0. The first-order chi connectivity index (χ1) is 28.1. The second-order valence-electron chi connectivity index (χ2n) is 14.3. The first kappa shape index (κ1) is 51.2. The van der Waals surface area contributed by atoms with Gasteiger partial charge >= 0.3 is 0 Å². The van der Waals surface area contributed by atoms with Crippen LogP contribution in [0.1, 0.15) is 113 Å². The molecule has 7 aromatic carbocycles. The number of fused-ring (bicyclic) bond motifs is 4. The number of hydrogen-bond acceptors (Lipinski definition) is 0. The van der Waals surface area contributed by atoms with E-state index < -0.39 is 0 Å². The second kappa shape index (κ2) is 25.6. The molecule has 0 nitrogen and oxygen atoms in total. The molecule has 0 saturated carbocycles. The van der Waals surface area contributed by atoms with E-state index in [2.05, 4.69) is 202 Å². The highest BCUT2D eigenvalue weighted by Gasteiger charge is 2.13. The molecular weight excluding hydrogens is 733 g/mol. The van der Waals surface area contributed by atoms with Crippen molar-refractivity contribution in [3.8, 4) is 11.1 Å². The summed E-state index contributed by atoms with van der Waals surface area (Å²) in [5, 5.41) is 7.92. The first-order valence-electron chi connectivity index (χ1n) is 21.1. The van der Waals surface area contributed by atoms with Gasteiger partial charge in [-0.25, -0.2) is 0 Å². The zero-order chi connectivity index (χ0) is 40.0. The van der Waals surface area contributed by atoms with Gasteiger partial charge < -0.3 is 0 Å². The van der Waals surface area contributed by atoms with Crippen molar-refractivity contribution in [2.24, 2.45) is 5.92 Å². The van der Waals surface area contributed by atoms with E-state index in [0.29, 0.717) is 5.92 Å². The van der Waals surface area contributed by atoms with Crippen molar-refractivity contribution in [3.63, 3.8) is 0 Å². The molecular formula is C61H74. The average molecular weight is 807 g/mol. The van der Waals surface area contributed by atoms with Crippen LogP contribution >= 0.6 is 0 Å². The fraction of sp³-hybridized carbons (Fsp3) is 0.246. The molecule has 0 amide bonds. The van der Waals surface area contributed by atoms with E-state index in [1.807, 2.05) is 27.7 Å². The van der Waals surface area contributed by atoms with Crippen LogP contribution in [0.2, 0.25) is 0 Å². The lowest BCUT2D eigenvalue weighted by molar-refractivity contribution is 0.782. The van der Waals surface area contributed by atoms with Gasteiger partial charge in [0.15, 0.2) is 0 Å². The van der Waals surface area contributed by atoms with E-state index in [9.17, 15) is 0 Å². The van der Waals surface area contributed by atoms with Crippen LogP contribution in [-0.4, -0.2) is 0 Å². The Morgan fingerprint density at radius 2 is 0.984 bits per heavy atom. The molecule has 0 aliphatic heterocycles. The standard InChI is InChI=1S/C43H38.C10H8.2C2H6.4CH4/c1-3-31-11-5-4-6-15-42(43-16-10-9-14-41(43)30(31)2)34-20-17-33(18-21-34)36-23-24-39-29-40(26-25-38(39)28-36)37-22-19-32-12-7-8-13-35(32)27-37;1-2-6-10-8-4-3-7-9(10)5-1;2*1-2;;;;/h4-14,16-18,20-21,23-29,31H,3,15,19,22H2,1-2H3;1-8H;2*1-2H3;4*1H4/b6-4-,11-5-,41-30-,43-42+;;;;;;;. The van der Waals surface area contributed by atoms with Gasteiger partial charge in [0.25, 0.3) is 0 Å². The van der Waals surface area contributed by atoms with Gasteiger partial charge in [0.1, 0.15) is 0 Å². The number of hydrogen-bond donors (Lipinski definition) is 0. The molecule has 0 aromatic heterocycles. The topological polar surface area (TPSA) is 0 Å². The van der Waals surface area contributed by atoms with Gasteiger partial charge in [-0.05, 0) is 127 Å². The van der Waals surface area contributed by atoms with Crippen LogP contribution in [-0.2, 0) is 6.42 Å². The predicted molar refractivity (Wildman–Crippen MR) is 280 cm³/mol. The summed E-state index contributed by atoms with van der Waals surface area (Å²) in [6, 6.07) is 57.5. The van der Waals surface area contributed by atoms with Crippen LogP contribution in [0.3, 0.4) is 0 Å². The van der Waals surface area contributed by atoms with Crippen LogP contribution in [0, 0.1) is 5.92 Å². The minimum absolute atomic E-state index is 0. The van der Waals surface area contributed by atoms with Gasteiger partial charge in [-0.3, -0.25) is 0 Å². The van der Waals surface area contributed by atoms with Crippen molar-refractivity contribution in [2.45, 2.75) is 96.9 Å². The predicted octanol–water partition coefficient (Wildman–Crippen LogP) is 17.3. The van der Waals surface area contributed by atoms with Crippen LogP contribution < -0.4 is 10.4 Å². The summed E-state index contributed by atoms with van der Waals surface area (Å²) in [5.41, 5.74) is 12.2. The quantitative estimate of drug-likeness (QED) is 0.166. The van der Waals surface area contributed by atoms with Gasteiger partial charge in [0, 0.05) is 0 Å². The van der Waals surface area contributed by atoms with Gasteiger partial charge in [-0.2, -0.15) is 0 Å². The third-order valence-electron chi connectivity index (χ3n) is 11.1. The summed E-state index contributed by atoms with van der Waals surface area (Å²) < 4.78 is 0. The molecule has 0 bridgehead atoms. The maximum Gasteiger partial charge on any atom is -0.00163 e. The maximum absolute atomic E-state index is 2.37. The highest BCUT2D eigenvalue weighted by Crippen LogP contribution is 2.33. The maximum atomic E-state index is 2.37. The normalized spacial score (nSPS) is 16.3. The molecule has 318 valence electrons. The molecule has 1 unspecified atom stereocenters. The van der Waals surface area contributed by atoms with Gasteiger partial charge in [-0.1, -0.05) is 246 Å². The molecule has 0 saturated heterocycles. The van der Waals surface area contributed by atoms with Crippen molar-refractivity contribution >= 4 is 44.3 Å². The third-order valence-corrected chi connectivity index (χ3v) is 11.1. The SMILES string of the molecule is C.C.C.C.CC.CC.CCC1/C=C\C=C/C/C(c2ccc(-c3ccc4cc(C5=Cc6ccccc6CC5)ccc4c3)cc2)=c2/cccc/c2=C/1C.c1ccc2ccccc2c1. The Kier molecular flexibility index (Phi) is 21.5. The molecule has 0 heteroatoms. The van der Waals surface area contributed by atoms with E-state index in [1.165, 1.54) is 82.1 Å². The molecule has 7 aromatic rings. The zero-order valence-corrected chi connectivity index (χ0v) is 34.8. The molecule has 1 atom stereocenters. The highest BCUT2D eigenvalue weighted by molar-refractivity contribution is 5.93. The third kappa shape index (κ3) is 12.3. The Morgan fingerprint density at radius 1 is 0.475 bits per heavy atom. The number of aryl methyl sites for hydroxylation is 1. The summed E-state index contributed by atoms with van der Waals surface area (Å²) in [7, 11) is 0. The highest BCUT2D eigenvalue weighted by atomic mass is 14.2. The minimum Gasteiger partial charge on any atom is -0.0801 e. The molecule has 0 radical (unpaired) electrons. The first-order valence-corrected chi connectivity index (χ1v) is 21.1. The van der Waals surface area contributed by atoms with Crippen LogP contribution in [0.4, 0.5) is 0 Å². The summed E-state index contributed by atoms with van der Waals surface area (Å²) in [4.78, 5) is 0. The number of rotatable bonds is 4.